The average Bonchev–Trinajstić information content (AvgIpc) is 2.47. The molecule has 1 aromatic heterocycles. The van der Waals surface area contributed by atoms with Crippen molar-refractivity contribution in [1.29, 1.82) is 0 Å². The molecule has 1 heterocycles. The van der Waals surface area contributed by atoms with E-state index in [9.17, 15) is 4.79 Å². The minimum atomic E-state index is -0.524. The van der Waals surface area contributed by atoms with E-state index in [4.69, 9.17) is 4.74 Å². The van der Waals surface area contributed by atoms with E-state index in [-0.39, 0.29) is 5.91 Å². The van der Waals surface area contributed by atoms with Gasteiger partial charge >= 0.3 is 0 Å². The molecule has 0 radical (unpaired) electrons. The van der Waals surface area contributed by atoms with Crippen molar-refractivity contribution in [2.45, 2.75) is 19.6 Å². The molecule has 19 heavy (non-hydrogen) atoms. The second-order valence-corrected chi connectivity index (χ2v) is 4.15. The zero-order valence-corrected chi connectivity index (χ0v) is 10.7. The maximum absolute atomic E-state index is 11.9. The van der Waals surface area contributed by atoms with E-state index in [1.807, 2.05) is 42.5 Å². The lowest BCUT2D eigenvalue weighted by molar-refractivity contribution is -0.127. The maximum atomic E-state index is 11.9. The number of amides is 1. The number of nitrogens with one attached hydrogen (secondary N) is 1. The van der Waals surface area contributed by atoms with Gasteiger partial charge in [0.05, 0.1) is 0 Å². The van der Waals surface area contributed by atoms with Gasteiger partial charge in [-0.3, -0.25) is 9.78 Å². The van der Waals surface area contributed by atoms with E-state index in [0.29, 0.717) is 12.3 Å². The Morgan fingerprint density at radius 2 is 1.89 bits per heavy atom. The number of carbonyl (C=O) groups excluding carboxylic acids is 1. The van der Waals surface area contributed by atoms with Crippen LogP contribution in [0.25, 0.3) is 0 Å². The largest absolute Gasteiger partial charge is 0.481 e. The van der Waals surface area contributed by atoms with Crippen molar-refractivity contribution in [2.75, 3.05) is 0 Å². The monoisotopic (exact) mass is 256 g/mol. The summed E-state index contributed by atoms with van der Waals surface area (Å²) >= 11 is 0. The third-order valence-corrected chi connectivity index (χ3v) is 2.64. The Morgan fingerprint density at radius 1 is 1.21 bits per heavy atom. The van der Waals surface area contributed by atoms with Crippen LogP contribution in [0.5, 0.6) is 5.75 Å². The van der Waals surface area contributed by atoms with Crippen LogP contribution in [0, 0.1) is 0 Å². The minimum Gasteiger partial charge on any atom is -0.481 e. The molecule has 1 atom stereocenters. The summed E-state index contributed by atoms with van der Waals surface area (Å²) in [5.41, 5.74) is 1.01. The van der Waals surface area contributed by atoms with E-state index in [1.165, 1.54) is 0 Å². The summed E-state index contributed by atoms with van der Waals surface area (Å²) in [5, 5.41) is 2.83. The van der Waals surface area contributed by atoms with E-state index in [0.717, 1.165) is 5.56 Å². The number of hydrogen-bond donors (Lipinski definition) is 1. The molecule has 0 bridgehead atoms. The van der Waals surface area contributed by atoms with Crippen molar-refractivity contribution in [3.63, 3.8) is 0 Å². The molecule has 2 aromatic rings. The molecule has 1 unspecified atom stereocenters. The standard InChI is InChI=1S/C15H16N2O2/c1-12(19-14-5-3-2-4-6-14)15(18)17-11-13-7-9-16-10-8-13/h2-10,12H,11H2,1H3,(H,17,18). The van der Waals surface area contributed by atoms with Crippen LogP contribution >= 0.6 is 0 Å². The summed E-state index contributed by atoms with van der Waals surface area (Å²) in [6, 6.07) is 13.0. The molecule has 2 rings (SSSR count). The van der Waals surface area contributed by atoms with Gasteiger partial charge in [0, 0.05) is 18.9 Å². The van der Waals surface area contributed by atoms with Crippen LogP contribution in [0.4, 0.5) is 0 Å². The molecule has 4 nitrogen and oxygen atoms in total. The van der Waals surface area contributed by atoms with Crippen LogP contribution < -0.4 is 10.1 Å². The van der Waals surface area contributed by atoms with Crippen LogP contribution in [0.1, 0.15) is 12.5 Å². The molecule has 0 fully saturated rings. The quantitative estimate of drug-likeness (QED) is 0.892. The lowest BCUT2D eigenvalue weighted by Gasteiger charge is -2.14. The van der Waals surface area contributed by atoms with Gasteiger partial charge in [-0.05, 0) is 36.8 Å². The number of hydrogen-bond acceptors (Lipinski definition) is 3. The number of nitrogens with zero attached hydrogens (tertiary/aromatic N) is 1. The molecule has 1 aromatic carbocycles. The fourth-order valence-electron chi connectivity index (χ4n) is 1.59. The number of aromatic nitrogens is 1. The highest BCUT2D eigenvalue weighted by Crippen LogP contribution is 2.10. The lowest BCUT2D eigenvalue weighted by Crippen LogP contribution is -2.35. The van der Waals surface area contributed by atoms with Crippen molar-refractivity contribution in [1.82, 2.24) is 10.3 Å². The topological polar surface area (TPSA) is 51.2 Å². The van der Waals surface area contributed by atoms with Crippen molar-refractivity contribution in [2.24, 2.45) is 0 Å². The van der Waals surface area contributed by atoms with E-state index >= 15 is 0 Å². The highest BCUT2D eigenvalue weighted by molar-refractivity contribution is 5.80. The molecule has 0 aliphatic heterocycles. The zero-order chi connectivity index (χ0) is 13.5. The Morgan fingerprint density at radius 3 is 2.58 bits per heavy atom. The molecule has 98 valence electrons. The van der Waals surface area contributed by atoms with Gasteiger partial charge in [-0.15, -0.1) is 0 Å². The molecule has 4 heteroatoms. The SMILES string of the molecule is CC(Oc1ccccc1)C(=O)NCc1ccncc1. The molecule has 0 spiro atoms. The smallest absolute Gasteiger partial charge is 0.261 e. The Balaban J connectivity index is 1.83. The van der Waals surface area contributed by atoms with Crippen LogP contribution in [0.3, 0.4) is 0 Å². The Bertz CT molecular complexity index is 514. The number of benzene rings is 1. The first-order valence-corrected chi connectivity index (χ1v) is 6.14. The highest BCUT2D eigenvalue weighted by atomic mass is 16.5. The Labute approximate surface area is 112 Å². The van der Waals surface area contributed by atoms with Gasteiger partial charge in [-0.1, -0.05) is 18.2 Å². The summed E-state index contributed by atoms with van der Waals surface area (Å²) in [4.78, 5) is 15.8. The van der Waals surface area contributed by atoms with Crippen molar-refractivity contribution in [3.05, 3.63) is 60.4 Å². The maximum Gasteiger partial charge on any atom is 0.261 e. The van der Waals surface area contributed by atoms with Gasteiger partial charge in [0.15, 0.2) is 6.10 Å². The average molecular weight is 256 g/mol. The fourth-order valence-corrected chi connectivity index (χ4v) is 1.59. The first kappa shape index (κ1) is 13.1. The lowest BCUT2D eigenvalue weighted by atomic mass is 10.2. The van der Waals surface area contributed by atoms with E-state index in [1.54, 1.807) is 19.3 Å². The molecular weight excluding hydrogens is 240 g/mol. The molecule has 1 amide bonds. The van der Waals surface area contributed by atoms with Crippen molar-refractivity contribution >= 4 is 5.91 Å². The summed E-state index contributed by atoms with van der Waals surface area (Å²) in [6.07, 6.45) is 2.88. The highest BCUT2D eigenvalue weighted by Gasteiger charge is 2.13. The van der Waals surface area contributed by atoms with Crippen LogP contribution in [-0.2, 0) is 11.3 Å². The van der Waals surface area contributed by atoms with Crippen molar-refractivity contribution in [3.8, 4) is 5.75 Å². The third-order valence-electron chi connectivity index (χ3n) is 2.64. The third kappa shape index (κ3) is 4.10. The van der Waals surface area contributed by atoms with Gasteiger partial charge in [-0.25, -0.2) is 0 Å². The Hall–Kier alpha value is -2.36. The second-order valence-electron chi connectivity index (χ2n) is 4.15. The number of para-hydroxylation sites is 1. The number of rotatable bonds is 5. The zero-order valence-electron chi connectivity index (χ0n) is 10.7. The number of ether oxygens (including phenoxy) is 1. The molecule has 0 saturated carbocycles. The summed E-state index contributed by atoms with van der Waals surface area (Å²) < 4.78 is 5.54. The summed E-state index contributed by atoms with van der Waals surface area (Å²) in [7, 11) is 0. The van der Waals surface area contributed by atoms with Crippen molar-refractivity contribution < 1.29 is 9.53 Å². The summed E-state index contributed by atoms with van der Waals surface area (Å²) in [6.45, 7) is 2.21. The van der Waals surface area contributed by atoms with Gasteiger partial charge < -0.3 is 10.1 Å². The van der Waals surface area contributed by atoms with E-state index < -0.39 is 6.10 Å². The fraction of sp³-hybridized carbons (Fsp3) is 0.200. The van der Waals surface area contributed by atoms with E-state index in [2.05, 4.69) is 10.3 Å². The van der Waals surface area contributed by atoms with Crippen LogP contribution in [0.15, 0.2) is 54.9 Å². The molecule has 0 aliphatic carbocycles. The molecule has 1 N–H and O–H groups in total. The molecule has 0 aliphatic rings. The first-order chi connectivity index (χ1) is 9.25. The van der Waals surface area contributed by atoms with Gasteiger partial charge in [-0.2, -0.15) is 0 Å². The minimum absolute atomic E-state index is 0.138. The molecule has 0 saturated heterocycles. The predicted octanol–water partition coefficient (Wildman–Crippen LogP) is 2.17. The van der Waals surface area contributed by atoms with Gasteiger partial charge in [0.1, 0.15) is 5.75 Å². The number of pyridine rings is 1. The van der Waals surface area contributed by atoms with Gasteiger partial charge in [0.25, 0.3) is 5.91 Å². The normalized spacial score (nSPS) is 11.6. The Kier molecular flexibility index (Phi) is 4.50. The van der Waals surface area contributed by atoms with Crippen LogP contribution in [0.2, 0.25) is 0 Å². The summed E-state index contributed by atoms with van der Waals surface area (Å²) in [5.74, 6) is 0.551. The molecular formula is C15H16N2O2. The first-order valence-electron chi connectivity index (χ1n) is 6.14. The second kappa shape index (κ2) is 6.54. The predicted molar refractivity (Wildman–Crippen MR) is 72.6 cm³/mol. The van der Waals surface area contributed by atoms with Gasteiger partial charge in [0.2, 0.25) is 0 Å². The van der Waals surface area contributed by atoms with Crippen LogP contribution in [-0.4, -0.2) is 17.0 Å². The number of carbonyl (C=O) groups is 1.